The Bertz CT molecular complexity index is 941. The van der Waals surface area contributed by atoms with Gasteiger partial charge in [-0.1, -0.05) is 36.4 Å². The summed E-state index contributed by atoms with van der Waals surface area (Å²) < 4.78 is 59.2. The molecule has 7 heteroatoms. The van der Waals surface area contributed by atoms with Crippen LogP contribution in [0, 0.1) is 0 Å². The SMILES string of the molecule is COc1ccc2ccccc2c1S(=O)Nc1cccc(C(F)(F)F)c1. The summed E-state index contributed by atoms with van der Waals surface area (Å²) in [5.41, 5.74) is -0.692. The Kier molecular flexibility index (Phi) is 4.67. The van der Waals surface area contributed by atoms with Crippen LogP contribution in [0.15, 0.2) is 65.6 Å². The Labute approximate surface area is 145 Å². The first-order valence-electron chi connectivity index (χ1n) is 7.31. The number of hydrogen-bond donors (Lipinski definition) is 1. The summed E-state index contributed by atoms with van der Waals surface area (Å²) in [6, 6.07) is 15.4. The summed E-state index contributed by atoms with van der Waals surface area (Å²) in [7, 11) is -0.344. The maximum atomic E-state index is 12.8. The largest absolute Gasteiger partial charge is 0.495 e. The Morgan fingerprint density at radius 3 is 2.48 bits per heavy atom. The van der Waals surface area contributed by atoms with Crippen LogP contribution < -0.4 is 9.46 Å². The molecule has 3 aromatic carbocycles. The molecule has 0 heterocycles. The van der Waals surface area contributed by atoms with E-state index in [0.717, 1.165) is 17.5 Å². The third-order valence-electron chi connectivity index (χ3n) is 3.65. The topological polar surface area (TPSA) is 38.3 Å². The van der Waals surface area contributed by atoms with Crippen LogP contribution in [-0.2, 0) is 17.2 Å². The number of halogens is 3. The molecule has 1 N–H and O–H groups in total. The van der Waals surface area contributed by atoms with Gasteiger partial charge in [0, 0.05) is 11.1 Å². The van der Waals surface area contributed by atoms with Gasteiger partial charge in [0.05, 0.1) is 12.7 Å². The van der Waals surface area contributed by atoms with Crippen molar-refractivity contribution in [2.24, 2.45) is 0 Å². The predicted molar refractivity (Wildman–Crippen MR) is 92.0 cm³/mol. The summed E-state index contributed by atoms with van der Waals surface area (Å²) in [6.07, 6.45) is -4.46. The average molecular weight is 365 g/mol. The third-order valence-corrected chi connectivity index (χ3v) is 4.86. The first-order chi connectivity index (χ1) is 11.9. The van der Waals surface area contributed by atoms with Gasteiger partial charge < -0.3 is 9.46 Å². The van der Waals surface area contributed by atoms with Gasteiger partial charge in [0.25, 0.3) is 0 Å². The van der Waals surface area contributed by atoms with Crippen molar-refractivity contribution in [1.82, 2.24) is 0 Å². The molecule has 130 valence electrons. The zero-order chi connectivity index (χ0) is 18.0. The van der Waals surface area contributed by atoms with E-state index in [-0.39, 0.29) is 5.69 Å². The number of rotatable bonds is 4. The van der Waals surface area contributed by atoms with Gasteiger partial charge in [-0.25, -0.2) is 4.21 Å². The molecule has 1 unspecified atom stereocenters. The van der Waals surface area contributed by atoms with E-state index in [9.17, 15) is 17.4 Å². The van der Waals surface area contributed by atoms with Gasteiger partial charge in [0.15, 0.2) is 11.0 Å². The second kappa shape index (κ2) is 6.76. The molecule has 0 saturated carbocycles. The van der Waals surface area contributed by atoms with Gasteiger partial charge in [-0.3, -0.25) is 0 Å². The Hall–Kier alpha value is -2.54. The maximum Gasteiger partial charge on any atom is 0.416 e. The molecule has 0 fully saturated rings. The molecule has 3 nitrogen and oxygen atoms in total. The molecule has 0 bridgehead atoms. The standard InChI is InChI=1S/C18H14F3NO2S/c1-24-16-10-9-12-5-2-3-8-15(12)17(16)25(23)22-14-7-4-6-13(11-14)18(19,20)21/h2-11,22H,1H3. The van der Waals surface area contributed by atoms with Crippen molar-refractivity contribution in [2.45, 2.75) is 11.1 Å². The lowest BCUT2D eigenvalue weighted by Gasteiger charge is -2.14. The van der Waals surface area contributed by atoms with Crippen LogP contribution in [0.25, 0.3) is 10.8 Å². The molecule has 0 aliphatic carbocycles. The normalized spacial score (nSPS) is 12.8. The fraction of sp³-hybridized carbons (Fsp3) is 0.111. The maximum absolute atomic E-state index is 12.8. The lowest BCUT2D eigenvalue weighted by molar-refractivity contribution is -0.137. The minimum Gasteiger partial charge on any atom is -0.495 e. The smallest absolute Gasteiger partial charge is 0.416 e. The van der Waals surface area contributed by atoms with Crippen molar-refractivity contribution < 1.29 is 22.1 Å². The number of nitrogens with one attached hydrogen (secondary N) is 1. The van der Waals surface area contributed by atoms with E-state index in [0.29, 0.717) is 16.0 Å². The van der Waals surface area contributed by atoms with Crippen LogP contribution in [0.2, 0.25) is 0 Å². The van der Waals surface area contributed by atoms with Crippen molar-refractivity contribution in [3.05, 3.63) is 66.2 Å². The first-order valence-corrected chi connectivity index (χ1v) is 8.46. The van der Waals surface area contributed by atoms with Crippen LogP contribution in [-0.4, -0.2) is 11.3 Å². The molecule has 0 aliphatic rings. The van der Waals surface area contributed by atoms with Gasteiger partial charge >= 0.3 is 6.18 Å². The monoisotopic (exact) mass is 365 g/mol. The predicted octanol–water partition coefficient (Wildman–Crippen LogP) is 5.00. The fourth-order valence-corrected chi connectivity index (χ4v) is 3.65. The molecular formula is C18H14F3NO2S. The zero-order valence-corrected chi connectivity index (χ0v) is 13.9. The highest BCUT2D eigenvalue weighted by Gasteiger charge is 2.30. The number of ether oxygens (including phenoxy) is 1. The van der Waals surface area contributed by atoms with Crippen molar-refractivity contribution in [3.8, 4) is 5.75 Å². The number of methoxy groups -OCH3 is 1. The van der Waals surface area contributed by atoms with Crippen molar-refractivity contribution in [3.63, 3.8) is 0 Å². The molecule has 3 rings (SSSR count). The van der Waals surface area contributed by atoms with Gasteiger partial charge in [-0.05, 0) is 29.7 Å². The lowest BCUT2D eigenvalue weighted by Crippen LogP contribution is -2.09. The Morgan fingerprint density at radius 1 is 1.00 bits per heavy atom. The lowest BCUT2D eigenvalue weighted by atomic mass is 10.1. The summed E-state index contributed by atoms with van der Waals surface area (Å²) in [6.45, 7) is 0. The molecule has 0 spiro atoms. The van der Waals surface area contributed by atoms with Crippen molar-refractivity contribution in [1.29, 1.82) is 0 Å². The van der Waals surface area contributed by atoms with Crippen molar-refractivity contribution in [2.75, 3.05) is 11.8 Å². The summed E-state index contributed by atoms with van der Waals surface area (Å²) in [5, 5.41) is 1.57. The highest BCUT2D eigenvalue weighted by Crippen LogP contribution is 2.33. The third kappa shape index (κ3) is 3.61. The molecule has 3 aromatic rings. The van der Waals surface area contributed by atoms with E-state index in [2.05, 4.69) is 4.72 Å². The number of fused-ring (bicyclic) bond motifs is 1. The van der Waals surface area contributed by atoms with Crippen LogP contribution in [0.1, 0.15) is 5.56 Å². The van der Waals surface area contributed by atoms with E-state index < -0.39 is 22.7 Å². The molecule has 0 saturated heterocycles. The molecular weight excluding hydrogens is 351 g/mol. The van der Waals surface area contributed by atoms with Crippen LogP contribution in [0.3, 0.4) is 0 Å². The van der Waals surface area contributed by atoms with Gasteiger partial charge in [0.2, 0.25) is 0 Å². The van der Waals surface area contributed by atoms with E-state index in [1.165, 1.54) is 19.2 Å². The zero-order valence-electron chi connectivity index (χ0n) is 13.1. The van der Waals surface area contributed by atoms with Crippen LogP contribution in [0.5, 0.6) is 5.75 Å². The van der Waals surface area contributed by atoms with E-state index >= 15 is 0 Å². The fourth-order valence-electron chi connectivity index (χ4n) is 2.49. The number of hydrogen-bond acceptors (Lipinski definition) is 2. The van der Waals surface area contributed by atoms with Gasteiger partial charge in [-0.2, -0.15) is 13.2 Å². The van der Waals surface area contributed by atoms with Crippen LogP contribution >= 0.6 is 0 Å². The number of alkyl halides is 3. The number of benzene rings is 3. The second-order valence-electron chi connectivity index (χ2n) is 5.27. The quantitative estimate of drug-likeness (QED) is 0.706. The number of anilines is 1. The summed E-state index contributed by atoms with van der Waals surface area (Å²) >= 11 is 0. The minimum atomic E-state index is -4.46. The minimum absolute atomic E-state index is 0.114. The van der Waals surface area contributed by atoms with Crippen molar-refractivity contribution >= 4 is 27.4 Å². The summed E-state index contributed by atoms with van der Waals surface area (Å²) in [4.78, 5) is 0.387. The molecule has 0 aromatic heterocycles. The molecule has 1 atom stereocenters. The Balaban J connectivity index is 2.01. The van der Waals surface area contributed by atoms with Crippen LogP contribution in [0.4, 0.5) is 18.9 Å². The first kappa shape index (κ1) is 17.3. The van der Waals surface area contributed by atoms with E-state index in [1.54, 1.807) is 18.2 Å². The summed E-state index contributed by atoms with van der Waals surface area (Å²) in [5.74, 6) is 0.400. The van der Waals surface area contributed by atoms with E-state index in [4.69, 9.17) is 4.74 Å². The van der Waals surface area contributed by atoms with Gasteiger partial charge in [0.1, 0.15) is 10.6 Å². The molecule has 0 radical (unpaired) electrons. The van der Waals surface area contributed by atoms with E-state index in [1.807, 2.05) is 18.2 Å². The molecule has 0 amide bonds. The molecule has 25 heavy (non-hydrogen) atoms. The Morgan fingerprint density at radius 2 is 1.76 bits per heavy atom. The second-order valence-corrected chi connectivity index (χ2v) is 6.42. The highest BCUT2D eigenvalue weighted by molar-refractivity contribution is 7.86. The highest BCUT2D eigenvalue weighted by atomic mass is 32.2. The average Bonchev–Trinajstić information content (AvgIpc) is 2.60. The molecule has 0 aliphatic heterocycles. The van der Waals surface area contributed by atoms with Gasteiger partial charge in [-0.15, -0.1) is 0 Å².